The number of halogens is 2. The maximum absolute atomic E-state index is 5.67. The molecule has 0 aliphatic carbocycles. The van der Waals surface area contributed by atoms with Crippen LogP contribution in [0.2, 0.25) is 11.5 Å². The molecule has 0 atom stereocenters. The minimum absolute atomic E-state index is 0.584. The number of hydrogen-bond donors (Lipinski definition) is 0. The van der Waals surface area contributed by atoms with Crippen LogP contribution in [0, 0.1) is 0 Å². The van der Waals surface area contributed by atoms with Crippen molar-refractivity contribution in [3.05, 3.63) is 132 Å². The molecule has 216 valence electrons. The summed E-state index contributed by atoms with van der Waals surface area (Å²) in [6.45, 7) is 8.99. The molecule has 6 aromatic rings. The molecule has 0 N–H and O–H groups in total. The Hall–Kier alpha value is -1.91. The molecule has 0 fully saturated rings. The number of hydrogen-bond acceptors (Lipinski definition) is 0. The Balaban J connectivity index is 0.000000162. The van der Waals surface area contributed by atoms with Gasteiger partial charge in [-0.15, -0.1) is 69.1 Å². The van der Waals surface area contributed by atoms with E-state index in [4.69, 9.17) is 17.2 Å². The Morgan fingerprint density at radius 2 is 0.905 bits per heavy atom. The normalized spacial score (nSPS) is 10.8. The Morgan fingerprint density at radius 1 is 0.548 bits per heavy atom. The van der Waals surface area contributed by atoms with E-state index < -0.39 is 26.0 Å². The zero-order valence-corrected chi connectivity index (χ0v) is 32.7. The van der Waals surface area contributed by atoms with Crippen LogP contribution < -0.4 is 0 Å². The van der Waals surface area contributed by atoms with Crippen molar-refractivity contribution in [1.82, 2.24) is 0 Å². The number of fused-ring (bicyclic) bond motifs is 2. The summed E-state index contributed by atoms with van der Waals surface area (Å²) in [7, 11) is 10.6. The molecule has 0 nitrogen and oxygen atoms in total. The second-order valence-corrected chi connectivity index (χ2v) is 63.5. The Bertz CT molecular complexity index is 1620. The summed E-state index contributed by atoms with van der Waals surface area (Å²) in [4.78, 5) is 0. The fourth-order valence-corrected chi connectivity index (χ4v) is 4.92. The van der Waals surface area contributed by atoms with Crippen molar-refractivity contribution in [3.63, 3.8) is 0 Å². The van der Waals surface area contributed by atoms with Gasteiger partial charge in [0.25, 0.3) is 0 Å². The van der Waals surface area contributed by atoms with E-state index >= 15 is 0 Å². The van der Waals surface area contributed by atoms with Gasteiger partial charge in [0.2, 0.25) is 0 Å². The van der Waals surface area contributed by atoms with Gasteiger partial charge in [0.15, 0.2) is 0 Å². The number of benzene rings is 4. The van der Waals surface area contributed by atoms with Crippen LogP contribution in [0.15, 0.2) is 121 Å². The second-order valence-electron chi connectivity index (χ2n) is 11.5. The molecule has 42 heavy (non-hydrogen) atoms. The molecule has 0 radical (unpaired) electrons. The van der Waals surface area contributed by atoms with Gasteiger partial charge in [-0.3, -0.25) is 0 Å². The number of rotatable bonds is 4. The topological polar surface area (TPSA) is 0 Å². The van der Waals surface area contributed by atoms with Crippen molar-refractivity contribution in [1.29, 1.82) is 0 Å². The maximum atomic E-state index is 5.67. The van der Waals surface area contributed by atoms with Crippen molar-refractivity contribution in [2.24, 2.45) is 0 Å². The molecule has 0 saturated carbocycles. The molecule has 0 amide bonds. The van der Waals surface area contributed by atoms with Crippen LogP contribution in [0.3, 0.4) is 0 Å². The fraction of sp³-hybridized carbons (Fsp3) is 0.211. The minimum atomic E-state index is -1.72. The van der Waals surface area contributed by atoms with Gasteiger partial charge >= 0.3 is 54.7 Å². The van der Waals surface area contributed by atoms with Crippen molar-refractivity contribution < 1.29 is 16.0 Å². The van der Waals surface area contributed by atoms with Gasteiger partial charge in [0, 0.05) is 0 Å². The van der Waals surface area contributed by atoms with Crippen LogP contribution in [0.1, 0.15) is 50.7 Å². The zero-order chi connectivity index (χ0) is 30.2. The first-order valence-electron chi connectivity index (χ1n) is 14.6. The molecule has 0 saturated heterocycles. The molecule has 6 aromatic carbocycles. The third-order valence-corrected chi connectivity index (χ3v) is 55.3. The van der Waals surface area contributed by atoms with Crippen molar-refractivity contribution in [2.75, 3.05) is 0 Å². The molecule has 6 rings (SSSR count). The molecule has 0 spiro atoms. The Labute approximate surface area is 268 Å². The molecular formula is C38H40Cl2GeHf-2. The van der Waals surface area contributed by atoms with Crippen LogP contribution in [-0.4, -0.2) is 10.1 Å². The molecule has 0 bridgehead atoms. The van der Waals surface area contributed by atoms with E-state index in [1.807, 2.05) is 0 Å². The zero-order valence-electron chi connectivity index (χ0n) is 25.5. The van der Waals surface area contributed by atoms with Gasteiger partial charge in [-0.05, 0) is 23.0 Å². The monoisotopic (exact) mass is 820 g/mol. The van der Waals surface area contributed by atoms with Gasteiger partial charge in [0.05, 0.1) is 0 Å². The molecule has 0 aromatic heterocycles. The van der Waals surface area contributed by atoms with Crippen molar-refractivity contribution in [2.45, 2.75) is 51.0 Å². The first-order chi connectivity index (χ1) is 20.2. The first-order valence-corrected chi connectivity index (χ1v) is 38.1. The quantitative estimate of drug-likeness (QED) is 0.123. The Kier molecular flexibility index (Phi) is 12.3. The first kappa shape index (κ1) is 33.0. The molecule has 0 aliphatic rings. The van der Waals surface area contributed by atoms with Crippen LogP contribution in [0.4, 0.5) is 0 Å². The van der Waals surface area contributed by atoms with Crippen LogP contribution in [0.5, 0.6) is 0 Å². The average molecular weight is 819 g/mol. The van der Waals surface area contributed by atoms with Crippen LogP contribution in [0.25, 0.3) is 43.8 Å². The molecule has 0 heterocycles. The summed E-state index contributed by atoms with van der Waals surface area (Å²) in [5, 5.41) is 5.43. The average Bonchev–Trinajstić information content (AvgIpc) is 3.64. The van der Waals surface area contributed by atoms with Gasteiger partial charge < -0.3 is 0 Å². The van der Waals surface area contributed by atoms with E-state index in [2.05, 4.69) is 161 Å². The van der Waals surface area contributed by atoms with E-state index in [-0.39, 0.29) is 0 Å². The van der Waals surface area contributed by atoms with Crippen LogP contribution >= 0.6 is 17.2 Å². The SMILES string of the molecule is CC(C)c1cc2c(-c3ccccc3)cccc2[cH-]1.CC(C)c1cc2c(-c3ccccc3)cccc2[cH-]1.[CH3][Ge]([CH3])=[Hf]([Cl])[Cl]. The summed E-state index contributed by atoms with van der Waals surface area (Å²) < 4.78 is 0. The van der Waals surface area contributed by atoms with E-state index in [1.54, 1.807) is 0 Å². The van der Waals surface area contributed by atoms with Gasteiger partial charge in [-0.1, -0.05) is 112 Å². The summed E-state index contributed by atoms with van der Waals surface area (Å²) in [5.74, 6) is 5.64. The van der Waals surface area contributed by atoms with Gasteiger partial charge in [0.1, 0.15) is 0 Å². The summed E-state index contributed by atoms with van der Waals surface area (Å²) in [5.41, 5.74) is 8.11. The van der Waals surface area contributed by atoms with E-state index in [1.165, 1.54) is 54.9 Å². The Morgan fingerprint density at radius 3 is 1.21 bits per heavy atom. The van der Waals surface area contributed by atoms with Crippen molar-refractivity contribution in [3.8, 4) is 22.3 Å². The van der Waals surface area contributed by atoms with Gasteiger partial charge in [-0.25, -0.2) is 0 Å². The second kappa shape index (κ2) is 15.7. The predicted octanol–water partition coefficient (Wildman–Crippen LogP) is 12.9. The molecule has 0 unspecified atom stereocenters. The standard InChI is InChI=1S/2C18H17.C2H6Ge.2ClH.Hf/c2*1-13(2)16-11-15-9-6-10-17(18(15)12-16)14-7-4-3-5-8-14;1-3-2;;;/h2*3-13H,1-2H3;1-2H3;2*1H;/q2*-1;;;;+2/p-2. The van der Waals surface area contributed by atoms with Crippen LogP contribution in [-0.2, 0) is 16.0 Å². The third kappa shape index (κ3) is 8.59. The van der Waals surface area contributed by atoms with E-state index in [0.29, 0.717) is 11.8 Å². The fourth-order valence-electron chi connectivity index (χ4n) is 4.92. The summed E-state index contributed by atoms with van der Waals surface area (Å²) >= 11 is -1.72. The molecular weight excluding hydrogens is 778 g/mol. The predicted molar refractivity (Wildman–Crippen MR) is 187 cm³/mol. The molecule has 0 aliphatic heterocycles. The van der Waals surface area contributed by atoms with E-state index in [0.717, 1.165) is 0 Å². The summed E-state index contributed by atoms with van der Waals surface area (Å²) in [6.07, 6.45) is 0. The van der Waals surface area contributed by atoms with E-state index in [9.17, 15) is 0 Å². The molecule has 4 heteroatoms. The summed E-state index contributed by atoms with van der Waals surface area (Å²) in [6, 6.07) is 43.6. The third-order valence-electron chi connectivity index (χ3n) is 7.43. The van der Waals surface area contributed by atoms with Crippen molar-refractivity contribution >= 4 is 48.8 Å². The van der Waals surface area contributed by atoms with Gasteiger partial charge in [-0.2, -0.15) is 12.1 Å².